The lowest BCUT2D eigenvalue weighted by Crippen LogP contribution is -2.45. The standard InChI is InChI=1S/C24H36N4O5S/c1-18(2)26-23(29)27(16-22-6-5-12-33-22)15-21-14-25-24(28(21)11-13-32-4)34(30,31)17-20-9-7-19(3)8-10-20/h7-10,14,18,22H,5-6,11-13,15-17H2,1-4H3,(H,26,29)/t22-/m0/s1. The van der Waals surface area contributed by atoms with E-state index in [2.05, 4.69) is 10.3 Å². The SMILES string of the molecule is COCCn1c(CN(C[C@@H]2CCCO2)C(=O)NC(C)C)cnc1S(=O)(=O)Cc1ccc(C)cc1. The first-order valence-electron chi connectivity index (χ1n) is 11.7. The molecule has 2 heterocycles. The zero-order valence-corrected chi connectivity index (χ0v) is 21.3. The molecule has 34 heavy (non-hydrogen) atoms. The van der Waals surface area contributed by atoms with E-state index < -0.39 is 9.84 Å². The second-order valence-electron chi connectivity index (χ2n) is 9.04. The lowest BCUT2D eigenvalue weighted by atomic mass is 10.2. The van der Waals surface area contributed by atoms with Gasteiger partial charge in [0.25, 0.3) is 0 Å². The number of carbonyl (C=O) groups excluding carboxylic acids is 1. The van der Waals surface area contributed by atoms with Gasteiger partial charge in [0.2, 0.25) is 15.0 Å². The summed E-state index contributed by atoms with van der Waals surface area (Å²) >= 11 is 0. The van der Waals surface area contributed by atoms with Crippen molar-refractivity contribution < 1.29 is 22.7 Å². The molecule has 2 aromatic rings. The Balaban J connectivity index is 1.88. The molecule has 0 radical (unpaired) electrons. The highest BCUT2D eigenvalue weighted by molar-refractivity contribution is 7.90. The molecule has 1 aliphatic rings. The molecule has 0 aliphatic carbocycles. The fourth-order valence-corrected chi connectivity index (χ4v) is 5.46. The molecule has 0 spiro atoms. The summed E-state index contributed by atoms with van der Waals surface area (Å²) in [6.07, 6.45) is 3.38. The number of sulfone groups is 1. The molecular weight excluding hydrogens is 456 g/mol. The maximum atomic E-state index is 13.3. The summed E-state index contributed by atoms with van der Waals surface area (Å²) in [5, 5.41) is 2.92. The predicted molar refractivity (Wildman–Crippen MR) is 129 cm³/mol. The number of ether oxygens (including phenoxy) is 2. The molecular formula is C24H36N4O5S. The number of methoxy groups -OCH3 is 1. The highest BCUT2D eigenvalue weighted by Crippen LogP contribution is 2.21. The van der Waals surface area contributed by atoms with Gasteiger partial charge in [0.1, 0.15) is 0 Å². The van der Waals surface area contributed by atoms with Crippen LogP contribution >= 0.6 is 0 Å². The number of hydrogen-bond donors (Lipinski definition) is 1. The molecule has 10 heteroatoms. The first-order chi connectivity index (χ1) is 16.2. The van der Waals surface area contributed by atoms with Gasteiger partial charge in [-0.05, 0) is 39.2 Å². The quantitative estimate of drug-likeness (QED) is 0.517. The van der Waals surface area contributed by atoms with E-state index in [1.165, 1.54) is 0 Å². The normalized spacial score (nSPS) is 16.2. The summed E-state index contributed by atoms with van der Waals surface area (Å²) in [5.41, 5.74) is 2.40. The summed E-state index contributed by atoms with van der Waals surface area (Å²) in [4.78, 5) is 18.9. The smallest absolute Gasteiger partial charge is 0.318 e. The van der Waals surface area contributed by atoms with Crippen LogP contribution < -0.4 is 5.32 Å². The van der Waals surface area contributed by atoms with Crippen LogP contribution in [0.15, 0.2) is 35.6 Å². The Morgan fingerprint density at radius 1 is 1.32 bits per heavy atom. The number of nitrogens with zero attached hydrogens (tertiary/aromatic N) is 3. The van der Waals surface area contributed by atoms with Gasteiger partial charge in [-0.1, -0.05) is 29.8 Å². The van der Waals surface area contributed by atoms with E-state index >= 15 is 0 Å². The van der Waals surface area contributed by atoms with Crippen molar-refractivity contribution in [1.29, 1.82) is 0 Å². The Morgan fingerprint density at radius 2 is 2.06 bits per heavy atom. The number of imidazole rings is 1. The topological polar surface area (TPSA) is 103 Å². The first-order valence-corrected chi connectivity index (χ1v) is 13.3. The molecule has 3 rings (SSSR count). The summed E-state index contributed by atoms with van der Waals surface area (Å²) in [7, 11) is -2.14. The second-order valence-corrected chi connectivity index (χ2v) is 10.9. The number of rotatable bonds is 11. The van der Waals surface area contributed by atoms with E-state index in [0.29, 0.717) is 37.6 Å². The number of urea groups is 1. The molecule has 0 unspecified atom stereocenters. The zero-order chi connectivity index (χ0) is 24.7. The lowest BCUT2D eigenvalue weighted by molar-refractivity contribution is 0.0782. The molecule has 1 saturated heterocycles. The van der Waals surface area contributed by atoms with E-state index in [9.17, 15) is 13.2 Å². The van der Waals surface area contributed by atoms with Crippen molar-refractivity contribution in [3.63, 3.8) is 0 Å². The average Bonchev–Trinajstić information content (AvgIpc) is 3.43. The van der Waals surface area contributed by atoms with Crippen LogP contribution in [-0.2, 0) is 38.2 Å². The molecule has 1 aliphatic heterocycles. The van der Waals surface area contributed by atoms with E-state index in [1.54, 1.807) is 22.8 Å². The van der Waals surface area contributed by atoms with Crippen molar-refractivity contribution in [2.24, 2.45) is 0 Å². The molecule has 1 aromatic carbocycles. The van der Waals surface area contributed by atoms with Crippen LogP contribution in [0.5, 0.6) is 0 Å². The molecule has 1 fully saturated rings. The van der Waals surface area contributed by atoms with E-state index in [0.717, 1.165) is 18.4 Å². The van der Waals surface area contributed by atoms with Crippen LogP contribution in [0, 0.1) is 6.92 Å². The number of aryl methyl sites for hydroxylation is 1. The molecule has 0 saturated carbocycles. The van der Waals surface area contributed by atoms with Crippen molar-refractivity contribution >= 4 is 15.9 Å². The molecule has 0 bridgehead atoms. The number of benzene rings is 1. The van der Waals surface area contributed by atoms with Gasteiger partial charge >= 0.3 is 6.03 Å². The van der Waals surface area contributed by atoms with Crippen LogP contribution in [0.25, 0.3) is 0 Å². The average molecular weight is 493 g/mol. The summed E-state index contributed by atoms with van der Waals surface area (Å²) < 4.78 is 39.2. The van der Waals surface area contributed by atoms with Gasteiger partial charge in [0.15, 0.2) is 0 Å². The van der Waals surface area contributed by atoms with Crippen molar-refractivity contribution in [2.45, 2.75) is 69.8 Å². The minimum absolute atomic E-state index is 0.0125. The number of aromatic nitrogens is 2. The number of amides is 2. The Morgan fingerprint density at radius 3 is 2.68 bits per heavy atom. The van der Waals surface area contributed by atoms with Crippen LogP contribution in [0.4, 0.5) is 4.79 Å². The maximum Gasteiger partial charge on any atom is 0.318 e. The van der Waals surface area contributed by atoms with Crippen LogP contribution in [0.1, 0.15) is 43.5 Å². The fraction of sp³-hybridized carbons (Fsp3) is 0.583. The van der Waals surface area contributed by atoms with Gasteiger partial charge in [0, 0.05) is 32.8 Å². The fourth-order valence-electron chi connectivity index (χ4n) is 3.94. The van der Waals surface area contributed by atoms with Gasteiger partial charge in [0.05, 0.1) is 36.9 Å². The van der Waals surface area contributed by atoms with Crippen molar-refractivity contribution in [3.8, 4) is 0 Å². The number of nitrogens with one attached hydrogen (secondary N) is 1. The third-order valence-electron chi connectivity index (χ3n) is 5.68. The lowest BCUT2D eigenvalue weighted by Gasteiger charge is -2.27. The van der Waals surface area contributed by atoms with Crippen molar-refractivity contribution in [1.82, 2.24) is 19.8 Å². The van der Waals surface area contributed by atoms with E-state index in [-0.39, 0.29) is 35.6 Å². The first kappa shape index (κ1) is 26.2. The number of hydrogen-bond acceptors (Lipinski definition) is 6. The van der Waals surface area contributed by atoms with Gasteiger partial charge in [-0.25, -0.2) is 18.2 Å². The highest BCUT2D eigenvalue weighted by atomic mass is 32.2. The van der Waals surface area contributed by atoms with Crippen LogP contribution in [0.2, 0.25) is 0 Å². The monoisotopic (exact) mass is 492 g/mol. The van der Waals surface area contributed by atoms with E-state index in [1.807, 2.05) is 45.0 Å². The Bertz CT molecular complexity index is 1040. The van der Waals surface area contributed by atoms with Gasteiger partial charge in [-0.2, -0.15) is 0 Å². The second kappa shape index (κ2) is 11.8. The third kappa shape index (κ3) is 7.04. The highest BCUT2D eigenvalue weighted by Gasteiger charge is 2.28. The van der Waals surface area contributed by atoms with Crippen molar-refractivity contribution in [3.05, 3.63) is 47.3 Å². The Labute approximate surface area is 202 Å². The van der Waals surface area contributed by atoms with Crippen LogP contribution in [0.3, 0.4) is 0 Å². The summed E-state index contributed by atoms with van der Waals surface area (Å²) in [6, 6.07) is 7.18. The minimum Gasteiger partial charge on any atom is -0.383 e. The Kier molecular flexibility index (Phi) is 9.10. The number of carbonyl (C=O) groups is 1. The molecule has 1 aromatic heterocycles. The molecule has 188 valence electrons. The van der Waals surface area contributed by atoms with Gasteiger partial charge < -0.3 is 24.3 Å². The van der Waals surface area contributed by atoms with Crippen molar-refractivity contribution in [2.75, 3.05) is 26.9 Å². The minimum atomic E-state index is -3.71. The Hall–Kier alpha value is -2.43. The molecule has 2 amide bonds. The van der Waals surface area contributed by atoms with Gasteiger partial charge in [-0.3, -0.25) is 0 Å². The van der Waals surface area contributed by atoms with E-state index in [4.69, 9.17) is 9.47 Å². The molecule has 1 atom stereocenters. The maximum absolute atomic E-state index is 13.3. The third-order valence-corrected chi connectivity index (χ3v) is 7.27. The molecule has 1 N–H and O–H groups in total. The zero-order valence-electron chi connectivity index (χ0n) is 20.5. The van der Waals surface area contributed by atoms with Crippen LogP contribution in [-0.4, -0.2) is 67.9 Å². The molecule has 9 nitrogen and oxygen atoms in total. The largest absolute Gasteiger partial charge is 0.383 e. The predicted octanol–water partition coefficient (Wildman–Crippen LogP) is 2.91. The summed E-state index contributed by atoms with van der Waals surface area (Å²) in [6.45, 7) is 7.74. The summed E-state index contributed by atoms with van der Waals surface area (Å²) in [5.74, 6) is -0.149. The van der Waals surface area contributed by atoms with Gasteiger partial charge in [-0.15, -0.1) is 0 Å².